The van der Waals surface area contributed by atoms with Gasteiger partial charge in [-0.05, 0) is 7.05 Å². The summed E-state index contributed by atoms with van der Waals surface area (Å²) in [5.41, 5.74) is 4.50. The molecule has 0 aromatic heterocycles. The first-order valence-electron chi connectivity index (χ1n) is 0.955. The van der Waals surface area contributed by atoms with E-state index in [4.69, 9.17) is 0 Å². The molecule has 0 fully saturated rings. The van der Waals surface area contributed by atoms with Gasteiger partial charge < -0.3 is 5.73 Å². The number of hydrogen-bond acceptors (Lipinski definition) is 1. The van der Waals surface area contributed by atoms with E-state index in [0.29, 0.717) is 0 Å². The summed E-state index contributed by atoms with van der Waals surface area (Å²) in [6.45, 7) is 0. The van der Waals surface area contributed by atoms with Crippen LogP contribution in [0.5, 0.6) is 0 Å². The molecule has 1 nitrogen and oxygen atoms in total. The van der Waals surface area contributed by atoms with Crippen LogP contribution >= 0.6 is 24.0 Å². The SMILES string of the molecule is CN.[Br][Pb][Br].[CaH2].[Ti]. The molecule has 0 bridgehead atoms. The van der Waals surface area contributed by atoms with Crippen molar-refractivity contribution in [3.8, 4) is 0 Å². The number of hydrogen-bond donors (Lipinski definition) is 1. The van der Waals surface area contributed by atoms with Gasteiger partial charge in [0, 0.05) is 21.7 Å². The molecule has 0 aliphatic rings. The van der Waals surface area contributed by atoms with Crippen molar-refractivity contribution < 1.29 is 21.7 Å². The van der Waals surface area contributed by atoms with Gasteiger partial charge in [-0.1, -0.05) is 0 Å². The van der Waals surface area contributed by atoms with E-state index in [2.05, 4.69) is 29.7 Å². The standard InChI is InChI=1S/CH5N.2BrH.Ca.Pb.Ti.2H/c1-2;;;;;;;/h2H2,1H3;2*1H;;;;;/q;;;;+2;;;/p-2. The van der Waals surface area contributed by atoms with Crippen molar-refractivity contribution in [2.24, 2.45) is 5.73 Å². The van der Waals surface area contributed by atoms with Crippen molar-refractivity contribution in [1.29, 1.82) is 0 Å². The van der Waals surface area contributed by atoms with Gasteiger partial charge in [0.2, 0.25) is 0 Å². The molecule has 2 N–H and O–H groups in total. The monoisotopic (exact) mass is 487 g/mol. The van der Waals surface area contributed by atoms with Crippen molar-refractivity contribution in [2.75, 3.05) is 7.05 Å². The Kier molecular flexibility index (Phi) is 105. The summed E-state index contributed by atoms with van der Waals surface area (Å²) in [7, 11) is 1.50. The number of rotatable bonds is 0. The van der Waals surface area contributed by atoms with Crippen LogP contribution in [0.1, 0.15) is 0 Å². The normalized spacial score (nSPS) is 3.43. The first-order valence-corrected chi connectivity index (χ1v) is 17.8. The van der Waals surface area contributed by atoms with Crippen LogP contribution in [0.2, 0.25) is 0 Å². The van der Waals surface area contributed by atoms with Crippen LogP contribution in [0, 0.1) is 0 Å². The van der Waals surface area contributed by atoms with E-state index in [9.17, 15) is 0 Å². The Labute approximate surface area is 113 Å². The first kappa shape index (κ1) is 22.4. The number of halogens is 2. The molecule has 0 amide bonds. The minimum atomic E-state index is -0.292. The van der Waals surface area contributed by atoms with E-state index < -0.39 is 0 Å². The zero-order valence-corrected chi connectivity index (χ0v) is 12.0. The van der Waals surface area contributed by atoms with Crippen molar-refractivity contribution in [3.63, 3.8) is 0 Å². The molecule has 0 rings (SSSR count). The molecular formula is CH7Br2CaNPbTi. The molecule has 0 aliphatic carbocycles. The maximum Gasteiger partial charge on any atom is 0 e. The Morgan fingerprint density at radius 3 is 1.29 bits per heavy atom. The van der Waals surface area contributed by atoms with Crippen LogP contribution in [0.4, 0.5) is 0 Å². The van der Waals surface area contributed by atoms with Crippen molar-refractivity contribution in [3.05, 3.63) is 0 Å². The van der Waals surface area contributed by atoms with E-state index in [0.717, 1.165) is 0 Å². The van der Waals surface area contributed by atoms with Gasteiger partial charge in [0.05, 0.1) is 0 Å². The molecule has 0 aromatic carbocycles. The fraction of sp³-hybridized carbons (Fsp3) is 1.00. The molecule has 0 saturated carbocycles. The van der Waals surface area contributed by atoms with E-state index in [1.54, 1.807) is 0 Å². The molecule has 7 heavy (non-hydrogen) atoms. The largest absolute Gasteiger partial charge is 0 e. The Balaban J connectivity index is -0.0000000105. The average Bonchev–Trinajstić information content (AvgIpc) is 1.46. The van der Waals surface area contributed by atoms with Crippen LogP contribution in [0.15, 0.2) is 0 Å². The molecule has 6 heteroatoms. The maximum atomic E-state index is 4.50. The second-order valence-corrected chi connectivity index (χ2v) is 16.9. The summed E-state index contributed by atoms with van der Waals surface area (Å²) >= 11 is 6.22. The van der Waals surface area contributed by atoms with Gasteiger partial charge in [-0.25, -0.2) is 0 Å². The van der Waals surface area contributed by atoms with Gasteiger partial charge in [-0.15, -0.1) is 0 Å². The summed E-state index contributed by atoms with van der Waals surface area (Å²) in [6, 6.07) is 0. The molecule has 40 valence electrons. The predicted octanol–water partition coefficient (Wildman–Crippen LogP) is -0.0334. The van der Waals surface area contributed by atoms with Gasteiger partial charge in [-0.2, -0.15) is 0 Å². The summed E-state index contributed by atoms with van der Waals surface area (Å²) in [5.74, 6) is 0. The second kappa shape index (κ2) is 32.9. The van der Waals surface area contributed by atoms with E-state index >= 15 is 0 Å². The summed E-state index contributed by atoms with van der Waals surface area (Å²) in [5, 5.41) is 0. The fourth-order valence-corrected chi connectivity index (χ4v) is 0. The third-order valence-electron chi connectivity index (χ3n) is 0. The zero-order chi connectivity index (χ0) is 4.71. The van der Waals surface area contributed by atoms with Crippen LogP contribution in [0.3, 0.4) is 0 Å². The molecule has 2 radical (unpaired) electrons. The smallest absolute Gasteiger partial charge is 0 e. The Morgan fingerprint density at radius 1 is 1.29 bits per heavy atom. The second-order valence-electron chi connectivity index (χ2n) is 0.0714. The molecule has 0 saturated heterocycles. The first-order chi connectivity index (χ1) is 2.41. The molecular weight excluding hydrogens is 481 g/mol. The Bertz CT molecular complexity index is 17.7. The molecule has 0 unspecified atom stereocenters. The topological polar surface area (TPSA) is 26.0 Å². The summed E-state index contributed by atoms with van der Waals surface area (Å²) in [6.07, 6.45) is 0. The van der Waals surface area contributed by atoms with E-state index in [1.165, 1.54) is 7.05 Å². The van der Waals surface area contributed by atoms with Gasteiger partial charge in [0.15, 0.2) is 0 Å². The predicted molar refractivity (Wildman–Crippen MR) is 42.3 cm³/mol. The van der Waals surface area contributed by atoms with Gasteiger partial charge >= 0.3 is 81.1 Å². The van der Waals surface area contributed by atoms with Gasteiger partial charge in [0.25, 0.3) is 0 Å². The van der Waals surface area contributed by atoms with Crippen molar-refractivity contribution >= 4 is 81.1 Å². The van der Waals surface area contributed by atoms with Crippen LogP contribution in [-0.2, 0) is 21.7 Å². The summed E-state index contributed by atoms with van der Waals surface area (Å²) < 4.78 is 0. The van der Waals surface area contributed by atoms with Gasteiger partial charge in [-0.3, -0.25) is 0 Å². The van der Waals surface area contributed by atoms with Crippen molar-refractivity contribution in [1.82, 2.24) is 0 Å². The minimum absolute atomic E-state index is 0. The van der Waals surface area contributed by atoms with E-state index in [-0.39, 0.29) is 78.9 Å². The van der Waals surface area contributed by atoms with Crippen LogP contribution < -0.4 is 5.73 Å². The van der Waals surface area contributed by atoms with E-state index in [1.807, 2.05) is 0 Å². The average molecular weight is 488 g/mol. The molecule has 0 aliphatic heterocycles. The molecule has 0 atom stereocenters. The third kappa shape index (κ3) is 41.2. The third-order valence-corrected chi connectivity index (χ3v) is 0. The van der Waals surface area contributed by atoms with Gasteiger partial charge in [0.1, 0.15) is 0 Å². The molecule has 0 aromatic rings. The van der Waals surface area contributed by atoms with Crippen molar-refractivity contribution in [2.45, 2.75) is 0 Å². The Hall–Kier alpha value is 3.82. The number of nitrogens with two attached hydrogens (primary N) is 1. The zero-order valence-electron chi connectivity index (χ0n) is 3.33. The maximum absolute atomic E-state index is 4.50. The van der Waals surface area contributed by atoms with Crippen LogP contribution in [0.25, 0.3) is 0 Å². The fourth-order valence-electron chi connectivity index (χ4n) is 0. The minimum Gasteiger partial charge on any atom is 0 e. The quantitative estimate of drug-likeness (QED) is 0.477. The molecule has 0 heterocycles. The summed E-state index contributed by atoms with van der Waals surface area (Å²) in [4.78, 5) is 0. The van der Waals surface area contributed by atoms with Crippen LogP contribution in [-0.4, -0.2) is 64.2 Å². The Morgan fingerprint density at radius 2 is 1.29 bits per heavy atom. The molecule has 0 spiro atoms.